The van der Waals surface area contributed by atoms with Crippen LogP contribution in [0.5, 0.6) is 0 Å². The fourth-order valence-corrected chi connectivity index (χ4v) is 4.83. The van der Waals surface area contributed by atoms with Crippen LogP contribution in [0.4, 0.5) is 13.2 Å². The van der Waals surface area contributed by atoms with Gasteiger partial charge in [-0.1, -0.05) is 0 Å². The number of fused-ring (bicyclic) bond motifs is 2. The Morgan fingerprint density at radius 2 is 1.83 bits per heavy atom. The quantitative estimate of drug-likeness (QED) is 0.463. The molecule has 0 fully saturated rings. The molecule has 0 saturated carbocycles. The SMILES string of the molecule is O=c1c2ccc(C(F)(F)F)cc2[se]n1-c1cccc2cccnc12. The molecule has 0 N–H and O–H groups in total. The van der Waals surface area contributed by atoms with Crippen LogP contribution in [0.3, 0.4) is 0 Å². The van der Waals surface area contributed by atoms with Crippen LogP contribution in [0, 0.1) is 0 Å². The van der Waals surface area contributed by atoms with E-state index in [1.165, 1.54) is 9.63 Å². The van der Waals surface area contributed by atoms with Gasteiger partial charge in [0.05, 0.1) is 0 Å². The molecule has 2 aromatic carbocycles. The molecule has 0 saturated heterocycles. The number of pyridine rings is 1. The van der Waals surface area contributed by atoms with E-state index in [2.05, 4.69) is 4.98 Å². The van der Waals surface area contributed by atoms with Gasteiger partial charge in [0.2, 0.25) is 0 Å². The number of benzene rings is 2. The van der Waals surface area contributed by atoms with Crippen LogP contribution in [0.2, 0.25) is 0 Å². The van der Waals surface area contributed by atoms with Crippen LogP contribution in [0.15, 0.2) is 59.5 Å². The predicted molar refractivity (Wildman–Crippen MR) is 86.8 cm³/mol. The molecule has 2 aromatic heterocycles. The summed E-state index contributed by atoms with van der Waals surface area (Å²) in [5.41, 5.74) is 0.285. The first-order valence-corrected chi connectivity index (χ1v) is 8.65. The van der Waals surface area contributed by atoms with Crippen LogP contribution in [-0.2, 0) is 6.18 Å². The van der Waals surface area contributed by atoms with E-state index in [1.807, 2.05) is 18.2 Å². The molecule has 0 aliphatic carbocycles. The second-order valence-electron chi connectivity index (χ2n) is 5.25. The van der Waals surface area contributed by atoms with Crippen molar-refractivity contribution < 1.29 is 13.2 Å². The summed E-state index contributed by atoms with van der Waals surface area (Å²) in [4.78, 5) is 17.0. The Kier molecular flexibility index (Phi) is 3.37. The summed E-state index contributed by atoms with van der Waals surface area (Å²) in [7, 11) is 0. The van der Waals surface area contributed by atoms with E-state index in [9.17, 15) is 18.0 Å². The summed E-state index contributed by atoms with van der Waals surface area (Å²) >= 11 is -0.556. The maximum atomic E-state index is 12.9. The molecule has 7 heteroatoms. The third kappa shape index (κ3) is 2.37. The maximum absolute atomic E-state index is 12.9. The molecule has 3 nitrogen and oxygen atoms in total. The molecule has 0 unspecified atom stereocenters. The normalized spacial score (nSPS) is 12.1. The van der Waals surface area contributed by atoms with Crippen LogP contribution in [0.1, 0.15) is 5.56 Å². The van der Waals surface area contributed by atoms with Crippen molar-refractivity contribution in [1.29, 1.82) is 0 Å². The number of hydrogen-bond acceptors (Lipinski definition) is 2. The van der Waals surface area contributed by atoms with Gasteiger partial charge in [-0.3, -0.25) is 0 Å². The van der Waals surface area contributed by atoms with Crippen molar-refractivity contribution in [2.45, 2.75) is 6.18 Å². The topological polar surface area (TPSA) is 34.9 Å². The predicted octanol–water partition coefficient (Wildman–Crippen LogP) is 3.61. The summed E-state index contributed by atoms with van der Waals surface area (Å²) in [6, 6.07) is 12.4. The van der Waals surface area contributed by atoms with Gasteiger partial charge >= 0.3 is 140 Å². The number of hydrogen-bond donors (Lipinski definition) is 0. The fourth-order valence-electron chi connectivity index (χ4n) is 2.61. The van der Waals surface area contributed by atoms with Crippen molar-refractivity contribution >= 4 is 35.3 Å². The third-order valence-corrected chi connectivity index (χ3v) is 6.01. The van der Waals surface area contributed by atoms with Gasteiger partial charge in [-0.25, -0.2) is 0 Å². The number of aromatic nitrogens is 2. The van der Waals surface area contributed by atoms with E-state index < -0.39 is 26.5 Å². The molecule has 0 aliphatic rings. The number of alkyl halides is 3. The first-order chi connectivity index (χ1) is 11.4. The van der Waals surface area contributed by atoms with Crippen LogP contribution in [-0.4, -0.2) is 23.3 Å². The van der Waals surface area contributed by atoms with Gasteiger partial charge in [-0.15, -0.1) is 0 Å². The van der Waals surface area contributed by atoms with Crippen molar-refractivity contribution in [3.8, 4) is 5.69 Å². The van der Waals surface area contributed by atoms with Gasteiger partial charge in [-0.2, -0.15) is 0 Å². The Labute approximate surface area is 140 Å². The molecule has 4 rings (SSSR count). The second kappa shape index (κ2) is 5.33. The third-order valence-electron chi connectivity index (χ3n) is 3.74. The number of rotatable bonds is 1. The minimum absolute atomic E-state index is 0.281. The van der Waals surface area contributed by atoms with Crippen molar-refractivity contribution in [3.05, 3.63) is 70.6 Å². The van der Waals surface area contributed by atoms with E-state index >= 15 is 0 Å². The fraction of sp³-hybridized carbons (Fsp3) is 0.0588. The Morgan fingerprint density at radius 1 is 1.04 bits per heavy atom. The monoisotopic (exact) mass is 394 g/mol. The van der Waals surface area contributed by atoms with Crippen molar-refractivity contribution in [1.82, 2.24) is 8.55 Å². The van der Waals surface area contributed by atoms with Crippen molar-refractivity contribution in [2.75, 3.05) is 0 Å². The molecular weight excluding hydrogens is 384 g/mol. The summed E-state index contributed by atoms with van der Waals surface area (Å²) in [6.45, 7) is 0. The van der Waals surface area contributed by atoms with E-state index in [4.69, 9.17) is 0 Å². The minimum atomic E-state index is -4.41. The molecule has 0 spiro atoms. The van der Waals surface area contributed by atoms with Gasteiger partial charge in [0.15, 0.2) is 0 Å². The summed E-state index contributed by atoms with van der Waals surface area (Å²) < 4.78 is 40.6. The standard InChI is InChI=1S/C17H9F3N2OSe/c18-17(19,20)11-6-7-12-14(9-11)24-22(16(12)23)13-5-1-3-10-4-2-8-21-15(10)13/h1-9H. The first kappa shape index (κ1) is 15.2. The summed E-state index contributed by atoms with van der Waals surface area (Å²) in [5, 5.41) is 1.21. The molecule has 0 radical (unpaired) electrons. The van der Waals surface area contributed by atoms with E-state index in [0.717, 1.165) is 17.5 Å². The molecule has 120 valence electrons. The van der Waals surface area contributed by atoms with Gasteiger partial charge in [0, 0.05) is 0 Å². The van der Waals surface area contributed by atoms with Gasteiger partial charge in [0.1, 0.15) is 0 Å². The average Bonchev–Trinajstić information content (AvgIpc) is 2.90. The Bertz CT molecular complexity index is 1120. The van der Waals surface area contributed by atoms with Crippen molar-refractivity contribution in [2.24, 2.45) is 0 Å². The van der Waals surface area contributed by atoms with Crippen molar-refractivity contribution in [3.63, 3.8) is 0 Å². The second-order valence-corrected chi connectivity index (χ2v) is 7.32. The van der Waals surface area contributed by atoms with Crippen LogP contribution >= 0.6 is 0 Å². The number of halogens is 3. The van der Waals surface area contributed by atoms with E-state index in [-0.39, 0.29) is 5.56 Å². The molecule has 0 bridgehead atoms. The zero-order valence-corrected chi connectivity index (χ0v) is 13.8. The molecule has 24 heavy (non-hydrogen) atoms. The molecule has 0 aliphatic heterocycles. The Morgan fingerprint density at radius 3 is 2.62 bits per heavy atom. The van der Waals surface area contributed by atoms with E-state index in [0.29, 0.717) is 20.9 Å². The molecular formula is C17H9F3N2OSe. The molecule has 2 heterocycles. The summed E-state index contributed by atoms with van der Waals surface area (Å²) in [5.74, 6) is 0. The summed E-state index contributed by atoms with van der Waals surface area (Å²) in [6.07, 6.45) is -2.78. The van der Waals surface area contributed by atoms with Crippen LogP contribution < -0.4 is 5.56 Å². The molecule has 0 amide bonds. The Balaban J connectivity index is 2.00. The zero-order valence-electron chi connectivity index (χ0n) is 12.0. The molecule has 4 aromatic rings. The first-order valence-electron chi connectivity index (χ1n) is 7.02. The molecule has 0 atom stereocenters. The van der Waals surface area contributed by atoms with Gasteiger partial charge in [-0.05, 0) is 0 Å². The van der Waals surface area contributed by atoms with Gasteiger partial charge < -0.3 is 0 Å². The number of para-hydroxylation sites is 1. The van der Waals surface area contributed by atoms with Crippen LogP contribution in [0.25, 0.3) is 26.2 Å². The Hall–Kier alpha value is -2.37. The number of nitrogens with zero attached hydrogens (tertiary/aromatic N) is 2. The van der Waals surface area contributed by atoms with Gasteiger partial charge in [0.25, 0.3) is 0 Å². The van der Waals surface area contributed by atoms with E-state index in [1.54, 1.807) is 18.3 Å². The zero-order chi connectivity index (χ0) is 16.9. The average molecular weight is 393 g/mol.